The smallest absolute Gasteiger partial charge is 0.225 e. The van der Waals surface area contributed by atoms with Crippen molar-refractivity contribution in [3.8, 4) is 0 Å². The van der Waals surface area contributed by atoms with Gasteiger partial charge >= 0.3 is 0 Å². The van der Waals surface area contributed by atoms with Gasteiger partial charge in [-0.25, -0.2) is 0 Å². The zero-order valence-electron chi connectivity index (χ0n) is 11.4. The van der Waals surface area contributed by atoms with Crippen molar-refractivity contribution in [2.45, 2.75) is 32.3 Å². The number of carbonyl (C=O) groups is 1. The van der Waals surface area contributed by atoms with Crippen LogP contribution in [0.2, 0.25) is 0 Å². The minimum absolute atomic E-state index is 0.0467. The normalized spacial score (nSPS) is 18.5. The highest BCUT2D eigenvalue weighted by Gasteiger charge is 2.14. The van der Waals surface area contributed by atoms with Crippen LogP contribution in [0.1, 0.15) is 24.8 Å². The molecule has 4 heteroatoms. The molecule has 0 aromatic heterocycles. The number of anilines is 1. The number of nitrogens with one attached hydrogen (secondary N) is 2. The summed E-state index contributed by atoms with van der Waals surface area (Å²) in [5, 5.41) is 6.17. The van der Waals surface area contributed by atoms with E-state index in [0.717, 1.165) is 37.2 Å². The number of aryl methyl sites for hydroxylation is 1. The molecule has 0 radical (unpaired) electrons. The third-order valence-corrected chi connectivity index (χ3v) is 3.23. The number of amides is 1. The summed E-state index contributed by atoms with van der Waals surface area (Å²) in [4.78, 5) is 11.7. The summed E-state index contributed by atoms with van der Waals surface area (Å²) >= 11 is 0. The Balaban J connectivity index is 1.61. The molecule has 1 fully saturated rings. The van der Waals surface area contributed by atoms with E-state index < -0.39 is 0 Å². The van der Waals surface area contributed by atoms with Gasteiger partial charge in [-0.3, -0.25) is 4.79 Å². The van der Waals surface area contributed by atoms with Crippen molar-refractivity contribution in [1.29, 1.82) is 0 Å². The predicted molar refractivity (Wildman–Crippen MR) is 76.3 cm³/mol. The Morgan fingerprint density at radius 1 is 1.47 bits per heavy atom. The lowest BCUT2D eigenvalue weighted by Crippen LogP contribution is -2.29. The Morgan fingerprint density at radius 2 is 2.37 bits per heavy atom. The molecule has 1 saturated heterocycles. The molecule has 2 N–H and O–H groups in total. The van der Waals surface area contributed by atoms with E-state index in [0.29, 0.717) is 19.1 Å². The van der Waals surface area contributed by atoms with Gasteiger partial charge in [0, 0.05) is 31.8 Å². The summed E-state index contributed by atoms with van der Waals surface area (Å²) in [7, 11) is 0. The SMILES string of the molecule is Cc1cccc(NC(=O)CCNCC2CCCO2)c1. The van der Waals surface area contributed by atoms with Gasteiger partial charge in [-0.1, -0.05) is 12.1 Å². The van der Waals surface area contributed by atoms with Gasteiger partial charge in [-0.2, -0.15) is 0 Å². The van der Waals surface area contributed by atoms with E-state index >= 15 is 0 Å². The van der Waals surface area contributed by atoms with Gasteiger partial charge in [0.25, 0.3) is 0 Å². The van der Waals surface area contributed by atoms with Crippen LogP contribution in [0.5, 0.6) is 0 Å². The fourth-order valence-corrected chi connectivity index (χ4v) is 2.22. The number of ether oxygens (including phenoxy) is 1. The Kier molecular flexibility index (Phi) is 5.36. The Labute approximate surface area is 114 Å². The molecule has 1 heterocycles. The molecular formula is C15H22N2O2. The first-order valence-electron chi connectivity index (χ1n) is 6.93. The average Bonchev–Trinajstić information content (AvgIpc) is 2.88. The zero-order valence-corrected chi connectivity index (χ0v) is 11.4. The molecule has 0 aliphatic carbocycles. The summed E-state index contributed by atoms with van der Waals surface area (Å²) in [6.45, 7) is 4.42. The minimum atomic E-state index is 0.0467. The molecule has 0 saturated carbocycles. The summed E-state index contributed by atoms with van der Waals surface area (Å²) in [5.41, 5.74) is 2.01. The van der Waals surface area contributed by atoms with Crippen molar-refractivity contribution >= 4 is 11.6 Å². The molecule has 2 rings (SSSR count). The van der Waals surface area contributed by atoms with Crippen molar-refractivity contribution < 1.29 is 9.53 Å². The molecule has 104 valence electrons. The number of hydrogen-bond donors (Lipinski definition) is 2. The fraction of sp³-hybridized carbons (Fsp3) is 0.533. The molecular weight excluding hydrogens is 240 g/mol. The Hall–Kier alpha value is -1.39. The van der Waals surface area contributed by atoms with Crippen LogP contribution in [-0.2, 0) is 9.53 Å². The fourth-order valence-electron chi connectivity index (χ4n) is 2.22. The molecule has 1 amide bonds. The molecule has 1 aliphatic heterocycles. The lowest BCUT2D eigenvalue weighted by atomic mass is 10.2. The van der Waals surface area contributed by atoms with Gasteiger partial charge < -0.3 is 15.4 Å². The van der Waals surface area contributed by atoms with Crippen molar-refractivity contribution in [3.05, 3.63) is 29.8 Å². The van der Waals surface area contributed by atoms with Crippen molar-refractivity contribution in [1.82, 2.24) is 5.32 Å². The van der Waals surface area contributed by atoms with Gasteiger partial charge in [0.1, 0.15) is 0 Å². The molecule has 1 aromatic carbocycles. The molecule has 1 atom stereocenters. The van der Waals surface area contributed by atoms with E-state index in [2.05, 4.69) is 10.6 Å². The topological polar surface area (TPSA) is 50.4 Å². The van der Waals surface area contributed by atoms with Crippen LogP contribution in [0.4, 0.5) is 5.69 Å². The van der Waals surface area contributed by atoms with Gasteiger partial charge in [0.2, 0.25) is 5.91 Å². The first-order chi connectivity index (χ1) is 9.24. The lowest BCUT2D eigenvalue weighted by Gasteiger charge is -2.10. The predicted octanol–water partition coefficient (Wildman–Crippen LogP) is 2.09. The van der Waals surface area contributed by atoms with Crippen LogP contribution in [0.3, 0.4) is 0 Å². The van der Waals surface area contributed by atoms with Crippen LogP contribution >= 0.6 is 0 Å². The van der Waals surface area contributed by atoms with Crippen LogP contribution in [-0.4, -0.2) is 31.7 Å². The van der Waals surface area contributed by atoms with E-state index in [1.165, 1.54) is 0 Å². The first-order valence-corrected chi connectivity index (χ1v) is 6.93. The first kappa shape index (κ1) is 14.0. The second-order valence-electron chi connectivity index (χ2n) is 5.01. The van der Waals surface area contributed by atoms with E-state index in [-0.39, 0.29) is 5.91 Å². The Bertz CT molecular complexity index is 414. The highest BCUT2D eigenvalue weighted by Crippen LogP contribution is 2.11. The third kappa shape index (κ3) is 5.01. The number of rotatable bonds is 6. The zero-order chi connectivity index (χ0) is 13.5. The Morgan fingerprint density at radius 3 is 3.11 bits per heavy atom. The number of hydrogen-bond acceptors (Lipinski definition) is 3. The number of benzene rings is 1. The standard InChI is InChI=1S/C15H22N2O2/c1-12-4-2-5-13(10-12)17-15(18)7-8-16-11-14-6-3-9-19-14/h2,4-5,10,14,16H,3,6-9,11H2,1H3,(H,17,18). The maximum Gasteiger partial charge on any atom is 0.225 e. The van der Waals surface area contributed by atoms with Crippen molar-refractivity contribution in [3.63, 3.8) is 0 Å². The number of carbonyl (C=O) groups excluding carboxylic acids is 1. The van der Waals surface area contributed by atoms with Crippen LogP contribution in [0.25, 0.3) is 0 Å². The molecule has 1 aliphatic rings. The summed E-state index contributed by atoms with van der Waals surface area (Å²) < 4.78 is 5.51. The van der Waals surface area contributed by atoms with E-state index in [9.17, 15) is 4.79 Å². The lowest BCUT2D eigenvalue weighted by molar-refractivity contribution is -0.116. The summed E-state index contributed by atoms with van der Waals surface area (Å²) in [5.74, 6) is 0.0467. The van der Waals surface area contributed by atoms with Crippen LogP contribution in [0.15, 0.2) is 24.3 Å². The van der Waals surface area contributed by atoms with Gasteiger partial charge in [0.05, 0.1) is 6.10 Å². The van der Waals surface area contributed by atoms with Crippen molar-refractivity contribution in [2.24, 2.45) is 0 Å². The van der Waals surface area contributed by atoms with Crippen LogP contribution < -0.4 is 10.6 Å². The second kappa shape index (κ2) is 7.26. The molecule has 19 heavy (non-hydrogen) atoms. The third-order valence-electron chi connectivity index (χ3n) is 3.23. The monoisotopic (exact) mass is 262 g/mol. The second-order valence-corrected chi connectivity index (χ2v) is 5.01. The van der Waals surface area contributed by atoms with Gasteiger partial charge in [-0.05, 0) is 37.5 Å². The van der Waals surface area contributed by atoms with Crippen molar-refractivity contribution in [2.75, 3.05) is 25.0 Å². The van der Waals surface area contributed by atoms with E-state index in [1.807, 2.05) is 31.2 Å². The molecule has 0 spiro atoms. The maximum atomic E-state index is 11.7. The molecule has 0 bridgehead atoms. The molecule has 1 aromatic rings. The highest BCUT2D eigenvalue weighted by atomic mass is 16.5. The van der Waals surface area contributed by atoms with Crippen LogP contribution in [0, 0.1) is 6.92 Å². The van der Waals surface area contributed by atoms with E-state index in [1.54, 1.807) is 0 Å². The van der Waals surface area contributed by atoms with Gasteiger partial charge in [0.15, 0.2) is 0 Å². The summed E-state index contributed by atoms with van der Waals surface area (Å²) in [6, 6.07) is 7.84. The van der Waals surface area contributed by atoms with E-state index in [4.69, 9.17) is 4.74 Å². The minimum Gasteiger partial charge on any atom is -0.377 e. The maximum absolute atomic E-state index is 11.7. The van der Waals surface area contributed by atoms with Gasteiger partial charge in [-0.15, -0.1) is 0 Å². The average molecular weight is 262 g/mol. The largest absolute Gasteiger partial charge is 0.377 e. The molecule has 4 nitrogen and oxygen atoms in total. The highest BCUT2D eigenvalue weighted by molar-refractivity contribution is 5.90. The molecule has 1 unspecified atom stereocenters. The summed E-state index contributed by atoms with van der Waals surface area (Å²) in [6.07, 6.45) is 3.10. The quantitative estimate of drug-likeness (QED) is 0.772.